The van der Waals surface area contributed by atoms with E-state index >= 15 is 0 Å². The van der Waals surface area contributed by atoms with Crippen molar-refractivity contribution in [2.45, 2.75) is 45.8 Å². The van der Waals surface area contributed by atoms with Gasteiger partial charge in [-0.25, -0.2) is 9.97 Å². The van der Waals surface area contributed by atoms with Crippen molar-refractivity contribution < 1.29 is 9.31 Å². The zero-order valence-corrected chi connectivity index (χ0v) is 20.0. The van der Waals surface area contributed by atoms with Gasteiger partial charge in [0.2, 0.25) is 0 Å². The topological polar surface area (TPSA) is 78.8 Å². The highest BCUT2D eigenvalue weighted by molar-refractivity contribution is 6.62. The summed E-state index contributed by atoms with van der Waals surface area (Å²) in [6.45, 7) is 10.2. The third-order valence-electron chi connectivity index (χ3n) is 6.44. The fraction of sp³-hybridized carbons (Fsp3) is 0.280. The molecule has 1 aliphatic rings. The number of aromatic nitrogens is 6. The first-order valence-corrected chi connectivity index (χ1v) is 11.2. The minimum absolute atomic E-state index is 0.306. The number of fused-ring (bicyclic) bond motifs is 2. The summed E-state index contributed by atoms with van der Waals surface area (Å²) in [6, 6.07) is 11.9. The molecule has 0 aliphatic carbocycles. The summed E-state index contributed by atoms with van der Waals surface area (Å²) in [5.74, 6) is 0. The highest BCUT2D eigenvalue weighted by atomic mass is 16.7. The molecule has 0 amide bonds. The Morgan fingerprint density at radius 1 is 0.735 bits per heavy atom. The lowest BCUT2D eigenvalue weighted by Crippen LogP contribution is -2.41. The molecule has 5 aromatic heterocycles. The first-order valence-electron chi connectivity index (χ1n) is 11.2. The molecule has 1 aliphatic heterocycles. The average molecular weight is 454 g/mol. The molecule has 34 heavy (non-hydrogen) atoms. The van der Waals surface area contributed by atoms with Crippen molar-refractivity contribution >= 4 is 23.9 Å². The molecule has 0 N–H and O–H groups in total. The normalized spacial score (nSPS) is 16.6. The van der Waals surface area contributed by atoms with E-state index in [0.29, 0.717) is 0 Å². The zero-order chi connectivity index (χ0) is 23.9. The highest BCUT2D eigenvalue weighted by Gasteiger charge is 2.51. The van der Waals surface area contributed by atoms with Crippen LogP contribution in [0.2, 0.25) is 0 Å². The number of pyridine rings is 2. The summed E-state index contributed by atoms with van der Waals surface area (Å²) in [5.41, 5.74) is 5.04. The molecule has 0 aromatic carbocycles. The average Bonchev–Trinajstić information content (AvgIpc) is 3.51. The van der Waals surface area contributed by atoms with E-state index < -0.39 is 0 Å². The third kappa shape index (κ3) is 4.20. The number of hydrogen-bond acceptors (Lipinski definition) is 6. The smallest absolute Gasteiger partial charge is 0.399 e. The Balaban J connectivity index is 0.000000142. The SMILES string of the molecule is CC1(C)OB(c2ccn3ccnc3c2)OC1(C)C.Cc1ccc(-c2ccn3ccnc3c2)nn1. The fourth-order valence-electron chi connectivity index (χ4n) is 3.67. The van der Waals surface area contributed by atoms with Gasteiger partial charge in [-0.2, -0.15) is 10.2 Å². The molecule has 172 valence electrons. The molecule has 6 rings (SSSR count). The lowest BCUT2D eigenvalue weighted by molar-refractivity contribution is 0.00578. The second-order valence-electron chi connectivity index (χ2n) is 9.41. The van der Waals surface area contributed by atoms with Crippen LogP contribution in [0.25, 0.3) is 22.6 Å². The van der Waals surface area contributed by atoms with Crippen molar-refractivity contribution in [3.05, 3.63) is 79.3 Å². The molecular weight excluding hydrogens is 427 g/mol. The zero-order valence-electron chi connectivity index (χ0n) is 20.0. The Morgan fingerprint density at radius 3 is 1.97 bits per heavy atom. The molecule has 9 heteroatoms. The van der Waals surface area contributed by atoms with Crippen molar-refractivity contribution in [3.63, 3.8) is 0 Å². The van der Waals surface area contributed by atoms with Gasteiger partial charge in [0.05, 0.1) is 22.6 Å². The van der Waals surface area contributed by atoms with E-state index in [4.69, 9.17) is 9.31 Å². The van der Waals surface area contributed by atoms with Crippen molar-refractivity contribution in [1.29, 1.82) is 0 Å². The monoisotopic (exact) mass is 454 g/mol. The van der Waals surface area contributed by atoms with Crippen LogP contribution in [-0.2, 0) is 9.31 Å². The minimum Gasteiger partial charge on any atom is -0.399 e. The molecule has 0 spiro atoms. The predicted octanol–water partition coefficient (Wildman–Crippen LogP) is 3.73. The van der Waals surface area contributed by atoms with Gasteiger partial charge >= 0.3 is 7.12 Å². The predicted molar refractivity (Wildman–Crippen MR) is 132 cm³/mol. The van der Waals surface area contributed by atoms with Gasteiger partial charge in [-0.15, -0.1) is 0 Å². The first kappa shape index (κ1) is 22.2. The Hall–Kier alpha value is -3.56. The van der Waals surface area contributed by atoms with Gasteiger partial charge in [-0.3, -0.25) is 0 Å². The van der Waals surface area contributed by atoms with Crippen LogP contribution >= 0.6 is 0 Å². The quantitative estimate of drug-likeness (QED) is 0.378. The van der Waals surface area contributed by atoms with Gasteiger partial charge in [0, 0.05) is 42.7 Å². The van der Waals surface area contributed by atoms with E-state index in [9.17, 15) is 0 Å². The Kier molecular flexibility index (Phi) is 5.46. The van der Waals surface area contributed by atoms with E-state index in [1.54, 1.807) is 12.4 Å². The summed E-state index contributed by atoms with van der Waals surface area (Å²) in [6.07, 6.45) is 11.3. The molecule has 0 atom stereocenters. The highest BCUT2D eigenvalue weighted by Crippen LogP contribution is 2.36. The second kappa shape index (κ2) is 8.34. The largest absolute Gasteiger partial charge is 0.495 e. The van der Waals surface area contributed by atoms with Crippen LogP contribution in [0.15, 0.2) is 73.6 Å². The van der Waals surface area contributed by atoms with E-state index in [0.717, 1.165) is 33.7 Å². The Bertz CT molecular complexity index is 1420. The molecule has 6 heterocycles. The summed E-state index contributed by atoms with van der Waals surface area (Å²) in [4.78, 5) is 8.51. The van der Waals surface area contributed by atoms with E-state index in [1.807, 2.05) is 76.9 Å². The third-order valence-corrected chi connectivity index (χ3v) is 6.44. The summed E-state index contributed by atoms with van der Waals surface area (Å²) < 4.78 is 16.0. The van der Waals surface area contributed by atoms with Gasteiger partial charge < -0.3 is 18.1 Å². The number of rotatable bonds is 2. The molecule has 1 saturated heterocycles. The standard InChI is InChI=1S/C13H17BN2O2.C12H10N4/c1-12(2)13(3,4)18-14(17-12)10-5-7-16-8-6-15-11(16)9-10;1-9-2-3-11(15-14-9)10-4-6-16-7-5-13-12(16)8-10/h5-9H,1-4H3;2-8H,1H3. The molecule has 0 bridgehead atoms. The van der Waals surface area contributed by atoms with Crippen LogP contribution in [0.1, 0.15) is 33.4 Å². The number of nitrogens with zero attached hydrogens (tertiary/aromatic N) is 6. The van der Waals surface area contributed by atoms with Crippen LogP contribution in [-0.4, -0.2) is 47.3 Å². The second-order valence-corrected chi connectivity index (χ2v) is 9.41. The van der Waals surface area contributed by atoms with E-state index in [1.165, 1.54) is 0 Å². The number of aryl methyl sites for hydroxylation is 1. The lowest BCUT2D eigenvalue weighted by Gasteiger charge is -2.32. The van der Waals surface area contributed by atoms with Crippen LogP contribution in [0.4, 0.5) is 0 Å². The Labute approximate surface area is 198 Å². The maximum Gasteiger partial charge on any atom is 0.495 e. The summed E-state index contributed by atoms with van der Waals surface area (Å²) >= 11 is 0. The minimum atomic E-state index is -0.323. The molecule has 1 fully saturated rings. The molecule has 0 unspecified atom stereocenters. The number of hydrogen-bond donors (Lipinski definition) is 0. The Morgan fingerprint density at radius 2 is 1.35 bits per heavy atom. The molecule has 5 aromatic rings. The van der Waals surface area contributed by atoms with Gasteiger partial charge in [-0.05, 0) is 76.5 Å². The molecule has 0 saturated carbocycles. The number of imidazole rings is 2. The summed E-state index contributed by atoms with van der Waals surface area (Å²) in [5, 5.41) is 8.20. The van der Waals surface area contributed by atoms with Crippen molar-refractivity contribution in [1.82, 2.24) is 29.0 Å². The fourth-order valence-corrected chi connectivity index (χ4v) is 3.67. The maximum atomic E-state index is 6.02. The van der Waals surface area contributed by atoms with Crippen LogP contribution < -0.4 is 5.46 Å². The van der Waals surface area contributed by atoms with E-state index in [-0.39, 0.29) is 18.3 Å². The van der Waals surface area contributed by atoms with Crippen molar-refractivity contribution in [2.75, 3.05) is 0 Å². The van der Waals surface area contributed by atoms with Gasteiger partial charge in [0.1, 0.15) is 11.3 Å². The first-order chi connectivity index (χ1) is 16.2. The van der Waals surface area contributed by atoms with Crippen molar-refractivity contribution in [3.8, 4) is 11.3 Å². The molecule has 0 radical (unpaired) electrons. The van der Waals surface area contributed by atoms with Crippen LogP contribution in [0, 0.1) is 6.92 Å². The maximum absolute atomic E-state index is 6.02. The van der Waals surface area contributed by atoms with Gasteiger partial charge in [-0.1, -0.05) is 0 Å². The van der Waals surface area contributed by atoms with Gasteiger partial charge in [0.25, 0.3) is 0 Å². The lowest BCUT2D eigenvalue weighted by atomic mass is 9.80. The summed E-state index contributed by atoms with van der Waals surface area (Å²) in [7, 11) is -0.323. The molecule has 8 nitrogen and oxygen atoms in total. The van der Waals surface area contributed by atoms with Crippen molar-refractivity contribution in [2.24, 2.45) is 0 Å². The van der Waals surface area contributed by atoms with E-state index in [2.05, 4.69) is 47.9 Å². The van der Waals surface area contributed by atoms with Gasteiger partial charge in [0.15, 0.2) is 0 Å². The van der Waals surface area contributed by atoms with Crippen LogP contribution in [0.3, 0.4) is 0 Å². The molecular formula is C25H27BN6O2. The van der Waals surface area contributed by atoms with Crippen LogP contribution in [0.5, 0.6) is 0 Å².